The first-order valence-corrected chi connectivity index (χ1v) is 6.74. The van der Waals surface area contributed by atoms with Crippen LogP contribution in [0.3, 0.4) is 0 Å². The van der Waals surface area contributed by atoms with Crippen molar-refractivity contribution in [2.75, 3.05) is 0 Å². The van der Waals surface area contributed by atoms with E-state index in [1.54, 1.807) is 6.08 Å². The molecule has 0 N–H and O–H groups in total. The Morgan fingerprint density at radius 3 is 2.21 bits per heavy atom. The summed E-state index contributed by atoms with van der Waals surface area (Å²) in [4.78, 5) is 24.8. The minimum atomic E-state index is -0.0725. The molecule has 0 saturated heterocycles. The van der Waals surface area contributed by atoms with E-state index in [0.29, 0.717) is 22.3 Å². The van der Waals surface area contributed by atoms with Crippen molar-refractivity contribution in [3.63, 3.8) is 0 Å². The van der Waals surface area contributed by atoms with Crippen LogP contribution in [0.25, 0.3) is 0 Å². The number of hydrogen-bond donors (Lipinski definition) is 0. The number of carbonyl (C=O) groups excluding carboxylic acids is 2. The summed E-state index contributed by atoms with van der Waals surface area (Å²) < 4.78 is 0. The first-order valence-electron chi connectivity index (χ1n) is 6.74. The van der Waals surface area contributed by atoms with Crippen molar-refractivity contribution in [3.8, 4) is 0 Å². The number of hydrogen-bond acceptors (Lipinski definition) is 2. The van der Waals surface area contributed by atoms with Crippen molar-refractivity contribution in [3.05, 3.63) is 59.3 Å². The van der Waals surface area contributed by atoms with Crippen LogP contribution in [-0.4, -0.2) is 11.6 Å². The SMILES string of the molecule is C=CC1=C(/C=C\CCC)C(=O)C2=CCCC=C2C1=O. The Hall–Kier alpha value is -1.96. The van der Waals surface area contributed by atoms with Gasteiger partial charge in [0.1, 0.15) is 0 Å². The lowest BCUT2D eigenvalue weighted by Gasteiger charge is -2.22. The number of unbranched alkanes of at least 4 members (excludes halogenated alkanes) is 1. The van der Waals surface area contributed by atoms with E-state index in [-0.39, 0.29) is 11.6 Å². The molecule has 0 spiro atoms. The maximum Gasteiger partial charge on any atom is 0.194 e. The highest BCUT2D eigenvalue weighted by atomic mass is 16.1. The molecule has 0 aromatic rings. The predicted molar refractivity (Wildman–Crippen MR) is 76.7 cm³/mol. The maximum atomic E-state index is 12.5. The molecule has 0 aromatic heterocycles. The van der Waals surface area contributed by atoms with Crippen LogP contribution in [-0.2, 0) is 9.59 Å². The van der Waals surface area contributed by atoms with E-state index < -0.39 is 0 Å². The molecule has 0 amide bonds. The lowest BCUT2D eigenvalue weighted by molar-refractivity contribution is -0.116. The van der Waals surface area contributed by atoms with Gasteiger partial charge in [0, 0.05) is 22.3 Å². The molecule has 98 valence electrons. The molecule has 0 fully saturated rings. The molecule has 2 aliphatic carbocycles. The van der Waals surface area contributed by atoms with Crippen LogP contribution < -0.4 is 0 Å². The molecule has 19 heavy (non-hydrogen) atoms. The van der Waals surface area contributed by atoms with Crippen LogP contribution in [0.4, 0.5) is 0 Å². The largest absolute Gasteiger partial charge is 0.289 e. The zero-order valence-electron chi connectivity index (χ0n) is 11.2. The molecule has 2 aliphatic rings. The minimum Gasteiger partial charge on any atom is -0.289 e. The van der Waals surface area contributed by atoms with E-state index in [1.165, 1.54) is 6.08 Å². The van der Waals surface area contributed by atoms with E-state index in [9.17, 15) is 9.59 Å². The Morgan fingerprint density at radius 1 is 1.11 bits per heavy atom. The molecule has 0 unspecified atom stereocenters. The van der Waals surface area contributed by atoms with Gasteiger partial charge >= 0.3 is 0 Å². The van der Waals surface area contributed by atoms with Gasteiger partial charge < -0.3 is 0 Å². The Bertz CT molecular complexity index is 554. The first kappa shape index (κ1) is 13.5. The van der Waals surface area contributed by atoms with E-state index in [4.69, 9.17) is 0 Å². The second-order valence-corrected chi connectivity index (χ2v) is 4.69. The number of rotatable bonds is 4. The van der Waals surface area contributed by atoms with Crippen molar-refractivity contribution in [2.45, 2.75) is 32.6 Å². The zero-order chi connectivity index (χ0) is 13.8. The molecule has 2 heteroatoms. The molecule has 0 atom stereocenters. The van der Waals surface area contributed by atoms with Crippen molar-refractivity contribution in [2.24, 2.45) is 0 Å². The van der Waals surface area contributed by atoms with Crippen LogP contribution in [0.5, 0.6) is 0 Å². The number of Topliss-reactive ketones (excluding diaryl/α,β-unsaturated/α-hetero) is 2. The van der Waals surface area contributed by atoms with Gasteiger partial charge in [0.2, 0.25) is 0 Å². The number of ketones is 2. The highest BCUT2D eigenvalue weighted by Gasteiger charge is 2.32. The monoisotopic (exact) mass is 254 g/mol. The average molecular weight is 254 g/mol. The summed E-state index contributed by atoms with van der Waals surface area (Å²) in [5.41, 5.74) is 2.04. The van der Waals surface area contributed by atoms with Gasteiger partial charge in [0.15, 0.2) is 11.6 Å². The third-order valence-corrected chi connectivity index (χ3v) is 3.37. The summed E-state index contributed by atoms with van der Waals surface area (Å²) >= 11 is 0. The summed E-state index contributed by atoms with van der Waals surface area (Å²) in [7, 11) is 0. The second kappa shape index (κ2) is 5.79. The molecule has 0 radical (unpaired) electrons. The van der Waals surface area contributed by atoms with Gasteiger partial charge in [-0.1, -0.05) is 50.3 Å². The van der Waals surface area contributed by atoms with Crippen LogP contribution >= 0.6 is 0 Å². The fourth-order valence-electron chi connectivity index (χ4n) is 2.38. The van der Waals surface area contributed by atoms with Gasteiger partial charge in [-0.3, -0.25) is 9.59 Å². The Kier molecular flexibility index (Phi) is 4.10. The zero-order valence-corrected chi connectivity index (χ0v) is 11.2. The molecule has 2 nitrogen and oxygen atoms in total. The molecule has 0 aromatic carbocycles. The fourth-order valence-corrected chi connectivity index (χ4v) is 2.38. The topological polar surface area (TPSA) is 34.1 Å². The summed E-state index contributed by atoms with van der Waals surface area (Å²) in [6, 6.07) is 0. The average Bonchev–Trinajstić information content (AvgIpc) is 2.44. The van der Waals surface area contributed by atoms with Crippen molar-refractivity contribution in [1.82, 2.24) is 0 Å². The van der Waals surface area contributed by atoms with Gasteiger partial charge in [-0.15, -0.1) is 0 Å². The normalized spacial score (nSPS) is 19.4. The highest BCUT2D eigenvalue weighted by molar-refractivity contribution is 6.31. The lowest BCUT2D eigenvalue weighted by Crippen LogP contribution is -2.24. The Morgan fingerprint density at radius 2 is 1.68 bits per heavy atom. The lowest BCUT2D eigenvalue weighted by atomic mass is 9.79. The van der Waals surface area contributed by atoms with E-state index in [1.807, 2.05) is 18.2 Å². The van der Waals surface area contributed by atoms with Crippen molar-refractivity contribution < 1.29 is 9.59 Å². The highest BCUT2D eigenvalue weighted by Crippen LogP contribution is 2.32. The third-order valence-electron chi connectivity index (χ3n) is 3.37. The van der Waals surface area contributed by atoms with Crippen LogP contribution in [0.1, 0.15) is 32.6 Å². The summed E-state index contributed by atoms with van der Waals surface area (Å²) in [6.45, 7) is 5.75. The maximum absolute atomic E-state index is 12.5. The van der Waals surface area contributed by atoms with Crippen LogP contribution in [0.15, 0.2) is 59.3 Å². The molecular weight excluding hydrogens is 236 g/mol. The summed E-state index contributed by atoms with van der Waals surface area (Å²) in [6.07, 6.45) is 12.5. The van der Waals surface area contributed by atoms with Gasteiger partial charge in [-0.25, -0.2) is 0 Å². The second-order valence-electron chi connectivity index (χ2n) is 4.69. The smallest absolute Gasteiger partial charge is 0.194 e. The van der Waals surface area contributed by atoms with Gasteiger partial charge in [-0.2, -0.15) is 0 Å². The van der Waals surface area contributed by atoms with Gasteiger partial charge in [0.05, 0.1) is 0 Å². The Labute approximate surface area is 113 Å². The Balaban J connectivity index is 2.50. The quantitative estimate of drug-likeness (QED) is 0.767. The predicted octanol–water partition coefficient (Wildman–Crippen LogP) is 3.62. The fraction of sp³-hybridized carbons (Fsp3) is 0.294. The van der Waals surface area contributed by atoms with Gasteiger partial charge in [0.25, 0.3) is 0 Å². The van der Waals surface area contributed by atoms with E-state index >= 15 is 0 Å². The molecular formula is C17H18O2. The van der Waals surface area contributed by atoms with Crippen molar-refractivity contribution in [1.29, 1.82) is 0 Å². The van der Waals surface area contributed by atoms with Crippen LogP contribution in [0, 0.1) is 0 Å². The summed E-state index contributed by atoms with van der Waals surface area (Å²) in [5.74, 6) is -0.121. The van der Waals surface area contributed by atoms with E-state index in [2.05, 4.69) is 13.5 Å². The minimum absolute atomic E-state index is 0.0483. The van der Waals surface area contributed by atoms with Gasteiger partial charge in [-0.05, 0) is 19.3 Å². The van der Waals surface area contributed by atoms with Crippen molar-refractivity contribution >= 4 is 11.6 Å². The van der Waals surface area contributed by atoms with E-state index in [0.717, 1.165) is 25.7 Å². The molecule has 0 heterocycles. The van der Waals surface area contributed by atoms with Crippen LogP contribution in [0.2, 0.25) is 0 Å². The number of fused-ring (bicyclic) bond motifs is 1. The molecule has 0 aliphatic heterocycles. The molecule has 0 bridgehead atoms. The third kappa shape index (κ3) is 2.43. The number of carbonyl (C=O) groups is 2. The molecule has 2 rings (SSSR count). The first-order chi connectivity index (χ1) is 9.20. The standard InChI is InChI=1S/C17H18O2/c1-3-5-6-9-13-12(4-2)16(18)14-10-7-8-11-15(14)17(13)19/h4,6,9-11H,2-3,5,7-8H2,1H3/b9-6-. The molecule has 0 saturated carbocycles. The number of allylic oxidation sites excluding steroid dienone is 9. The summed E-state index contributed by atoms with van der Waals surface area (Å²) in [5, 5.41) is 0.